The van der Waals surface area contributed by atoms with Crippen LogP contribution in [-0.2, 0) is 16.1 Å². The summed E-state index contributed by atoms with van der Waals surface area (Å²) in [6.45, 7) is 5.14. The van der Waals surface area contributed by atoms with E-state index < -0.39 is 6.10 Å². The lowest BCUT2D eigenvalue weighted by Gasteiger charge is -2.20. The Morgan fingerprint density at radius 1 is 1.44 bits per heavy atom. The van der Waals surface area contributed by atoms with Crippen LogP contribution in [0.5, 0.6) is 0 Å². The normalized spacial score (nSPS) is 14.5. The van der Waals surface area contributed by atoms with Crippen molar-refractivity contribution in [2.45, 2.75) is 32.5 Å². The standard InChI is InChI=1S/C13H20ClNO3/c1-4-18-8-11(9(2)16)12-5-10(7-17-3)6-13(14)15-12/h5-6,9,11,16H,4,7-8H2,1-3H3/t9-,11?/m1/s1. The number of rotatable bonds is 7. The molecule has 0 aliphatic rings. The predicted octanol–water partition coefficient (Wildman–Crippen LogP) is 2.38. The second-order valence-electron chi connectivity index (χ2n) is 4.16. The zero-order valence-electron chi connectivity index (χ0n) is 11.0. The van der Waals surface area contributed by atoms with Crippen molar-refractivity contribution in [2.75, 3.05) is 20.3 Å². The Kier molecular flexibility index (Phi) is 6.57. The fraction of sp³-hybridized carbons (Fsp3) is 0.615. The minimum atomic E-state index is -0.544. The lowest BCUT2D eigenvalue weighted by Crippen LogP contribution is -2.21. The minimum absolute atomic E-state index is 0.181. The number of pyridine rings is 1. The lowest BCUT2D eigenvalue weighted by molar-refractivity contribution is 0.0730. The van der Waals surface area contributed by atoms with Gasteiger partial charge in [0.15, 0.2) is 0 Å². The van der Waals surface area contributed by atoms with Crippen LogP contribution in [0.3, 0.4) is 0 Å². The minimum Gasteiger partial charge on any atom is -0.393 e. The van der Waals surface area contributed by atoms with Crippen molar-refractivity contribution in [3.63, 3.8) is 0 Å². The third kappa shape index (κ3) is 4.53. The summed E-state index contributed by atoms with van der Waals surface area (Å²) in [5.41, 5.74) is 1.67. The topological polar surface area (TPSA) is 51.6 Å². The molecule has 102 valence electrons. The monoisotopic (exact) mass is 273 g/mol. The van der Waals surface area contributed by atoms with E-state index in [4.69, 9.17) is 21.1 Å². The first kappa shape index (κ1) is 15.4. The molecule has 18 heavy (non-hydrogen) atoms. The Morgan fingerprint density at radius 3 is 2.72 bits per heavy atom. The lowest BCUT2D eigenvalue weighted by atomic mass is 9.99. The number of ether oxygens (including phenoxy) is 2. The number of nitrogens with zero attached hydrogens (tertiary/aromatic N) is 1. The molecule has 0 radical (unpaired) electrons. The molecule has 1 N–H and O–H groups in total. The predicted molar refractivity (Wildman–Crippen MR) is 70.9 cm³/mol. The molecule has 0 spiro atoms. The zero-order chi connectivity index (χ0) is 13.5. The van der Waals surface area contributed by atoms with Crippen molar-refractivity contribution in [1.82, 2.24) is 4.98 Å². The maximum Gasteiger partial charge on any atom is 0.129 e. The number of hydrogen-bond acceptors (Lipinski definition) is 4. The Morgan fingerprint density at radius 2 is 2.17 bits per heavy atom. The summed E-state index contributed by atoms with van der Waals surface area (Å²) in [6, 6.07) is 3.65. The first-order valence-electron chi connectivity index (χ1n) is 5.99. The van der Waals surface area contributed by atoms with Crippen molar-refractivity contribution >= 4 is 11.6 Å². The van der Waals surface area contributed by atoms with Gasteiger partial charge in [-0.25, -0.2) is 4.98 Å². The molecule has 0 aliphatic carbocycles. The molecular weight excluding hydrogens is 254 g/mol. The Balaban J connectivity index is 2.95. The van der Waals surface area contributed by atoms with Crippen LogP contribution in [0.25, 0.3) is 0 Å². The summed E-state index contributed by atoms with van der Waals surface area (Å²) in [5.74, 6) is -0.181. The quantitative estimate of drug-likeness (QED) is 0.775. The largest absolute Gasteiger partial charge is 0.393 e. The third-order valence-corrected chi connectivity index (χ3v) is 2.84. The molecule has 0 saturated heterocycles. The summed E-state index contributed by atoms with van der Waals surface area (Å²) >= 11 is 5.98. The molecule has 0 bridgehead atoms. The zero-order valence-corrected chi connectivity index (χ0v) is 11.8. The van der Waals surface area contributed by atoms with Gasteiger partial charge >= 0.3 is 0 Å². The number of methoxy groups -OCH3 is 1. The number of halogens is 1. The maximum atomic E-state index is 9.81. The van der Waals surface area contributed by atoms with E-state index in [0.717, 1.165) is 11.3 Å². The van der Waals surface area contributed by atoms with Crippen LogP contribution in [0, 0.1) is 0 Å². The van der Waals surface area contributed by atoms with Gasteiger partial charge in [0.1, 0.15) is 5.15 Å². The molecule has 0 amide bonds. The molecule has 4 nitrogen and oxygen atoms in total. The van der Waals surface area contributed by atoms with E-state index >= 15 is 0 Å². The van der Waals surface area contributed by atoms with E-state index in [1.807, 2.05) is 13.0 Å². The smallest absolute Gasteiger partial charge is 0.129 e. The number of aromatic nitrogens is 1. The molecule has 2 atom stereocenters. The SMILES string of the molecule is CCOCC(c1cc(COC)cc(Cl)n1)[C@@H](C)O. The van der Waals surface area contributed by atoms with Crippen molar-refractivity contribution < 1.29 is 14.6 Å². The fourth-order valence-electron chi connectivity index (χ4n) is 1.73. The highest BCUT2D eigenvalue weighted by Gasteiger charge is 2.20. The van der Waals surface area contributed by atoms with Crippen molar-refractivity contribution in [1.29, 1.82) is 0 Å². The van der Waals surface area contributed by atoms with E-state index in [-0.39, 0.29) is 5.92 Å². The van der Waals surface area contributed by atoms with E-state index in [1.54, 1.807) is 20.1 Å². The molecule has 1 aromatic heterocycles. The van der Waals surface area contributed by atoms with Gasteiger partial charge in [-0.15, -0.1) is 0 Å². The molecule has 0 aromatic carbocycles. The summed E-state index contributed by atoms with van der Waals surface area (Å²) in [5, 5.41) is 10.2. The van der Waals surface area contributed by atoms with Crippen molar-refractivity contribution in [2.24, 2.45) is 0 Å². The van der Waals surface area contributed by atoms with Crippen LogP contribution in [0.1, 0.15) is 31.0 Å². The average Bonchev–Trinajstić information content (AvgIpc) is 2.28. The van der Waals surface area contributed by atoms with E-state index in [9.17, 15) is 5.11 Å². The van der Waals surface area contributed by atoms with Gasteiger partial charge in [0.2, 0.25) is 0 Å². The average molecular weight is 274 g/mol. The Labute approximate surface area is 113 Å². The first-order valence-corrected chi connectivity index (χ1v) is 6.37. The molecule has 0 aliphatic heterocycles. The molecule has 0 saturated carbocycles. The van der Waals surface area contributed by atoms with Crippen LogP contribution in [-0.4, -0.2) is 36.5 Å². The van der Waals surface area contributed by atoms with Crippen molar-refractivity contribution in [3.8, 4) is 0 Å². The molecule has 1 rings (SSSR count). The highest BCUT2D eigenvalue weighted by atomic mass is 35.5. The maximum absolute atomic E-state index is 9.81. The molecule has 0 fully saturated rings. The highest BCUT2D eigenvalue weighted by Crippen LogP contribution is 2.22. The van der Waals surface area contributed by atoms with Gasteiger partial charge in [0.05, 0.1) is 30.9 Å². The summed E-state index contributed by atoms with van der Waals surface area (Å²) < 4.78 is 10.5. The number of aliphatic hydroxyl groups is 1. The van der Waals surface area contributed by atoms with E-state index in [1.165, 1.54) is 0 Å². The Hall–Kier alpha value is -0.680. The first-order chi connectivity index (χ1) is 8.58. The summed E-state index contributed by atoms with van der Waals surface area (Å²) in [6.07, 6.45) is -0.544. The van der Waals surface area contributed by atoms with Crippen LogP contribution >= 0.6 is 11.6 Å². The van der Waals surface area contributed by atoms with Gasteiger partial charge in [0, 0.05) is 13.7 Å². The van der Waals surface area contributed by atoms with Crippen LogP contribution in [0.2, 0.25) is 5.15 Å². The van der Waals surface area contributed by atoms with Gasteiger partial charge in [-0.1, -0.05) is 11.6 Å². The summed E-state index contributed by atoms with van der Waals surface area (Å²) in [7, 11) is 1.63. The third-order valence-electron chi connectivity index (χ3n) is 2.65. The van der Waals surface area contributed by atoms with Gasteiger partial charge in [0.25, 0.3) is 0 Å². The van der Waals surface area contributed by atoms with Crippen LogP contribution in [0.15, 0.2) is 12.1 Å². The van der Waals surface area contributed by atoms with Gasteiger partial charge in [-0.2, -0.15) is 0 Å². The molecule has 1 aromatic rings. The van der Waals surface area contributed by atoms with Crippen molar-refractivity contribution in [3.05, 3.63) is 28.5 Å². The van der Waals surface area contributed by atoms with Gasteiger partial charge in [-0.3, -0.25) is 0 Å². The molecule has 5 heteroatoms. The van der Waals surface area contributed by atoms with Gasteiger partial charge < -0.3 is 14.6 Å². The summed E-state index contributed by atoms with van der Waals surface area (Å²) in [4.78, 5) is 4.26. The molecular formula is C13H20ClNO3. The highest BCUT2D eigenvalue weighted by molar-refractivity contribution is 6.29. The van der Waals surface area contributed by atoms with E-state index in [0.29, 0.717) is 25.0 Å². The second-order valence-corrected chi connectivity index (χ2v) is 4.55. The van der Waals surface area contributed by atoms with Gasteiger partial charge in [-0.05, 0) is 31.5 Å². The number of hydrogen-bond donors (Lipinski definition) is 1. The second kappa shape index (κ2) is 7.69. The van der Waals surface area contributed by atoms with Crippen LogP contribution < -0.4 is 0 Å². The fourth-order valence-corrected chi connectivity index (χ4v) is 1.97. The number of aliphatic hydroxyl groups excluding tert-OH is 1. The van der Waals surface area contributed by atoms with E-state index in [2.05, 4.69) is 4.98 Å². The Bertz CT molecular complexity index is 371. The molecule has 1 unspecified atom stereocenters. The van der Waals surface area contributed by atoms with Crippen LogP contribution in [0.4, 0.5) is 0 Å². The molecule has 1 heterocycles.